The molecule has 0 saturated heterocycles. The topological polar surface area (TPSA) is 91.3 Å². The molecule has 3 N–H and O–H groups in total. The molecule has 1 heterocycles. The molecular weight excluding hydrogens is 222 g/mol. The molecule has 1 amide bonds. The molecule has 0 radical (unpaired) electrons. The van der Waals surface area contributed by atoms with Crippen LogP contribution in [0.15, 0.2) is 18.5 Å². The van der Waals surface area contributed by atoms with E-state index < -0.39 is 5.97 Å². The third kappa shape index (κ3) is 4.60. The van der Waals surface area contributed by atoms with Crippen LogP contribution in [-0.2, 0) is 4.79 Å². The molecule has 0 fully saturated rings. The first-order chi connectivity index (χ1) is 7.99. The van der Waals surface area contributed by atoms with Crippen molar-refractivity contribution < 1.29 is 14.7 Å². The number of amides is 1. The maximum absolute atomic E-state index is 11.4. The minimum absolute atomic E-state index is 0.0413. The molecule has 1 rings (SSSR count). The lowest BCUT2D eigenvalue weighted by Gasteiger charge is -2.08. The molecule has 1 aromatic heterocycles. The number of aromatic nitrogens is 1. The Morgan fingerprint density at radius 3 is 2.71 bits per heavy atom. The Morgan fingerprint density at radius 2 is 2.12 bits per heavy atom. The highest BCUT2D eigenvalue weighted by atomic mass is 16.4. The molecule has 0 saturated carbocycles. The molecule has 92 valence electrons. The van der Waals surface area contributed by atoms with Crippen LogP contribution in [0.3, 0.4) is 0 Å². The summed E-state index contributed by atoms with van der Waals surface area (Å²) in [6, 6.07) is 1.58. The Kier molecular flexibility index (Phi) is 4.59. The monoisotopic (exact) mass is 237 g/mol. The summed E-state index contributed by atoms with van der Waals surface area (Å²) in [6.45, 7) is 4.04. The van der Waals surface area contributed by atoms with Crippen molar-refractivity contribution >= 4 is 17.6 Å². The first kappa shape index (κ1) is 13.1. The number of carbonyl (C=O) groups is 2. The van der Waals surface area contributed by atoms with Gasteiger partial charge in [0.2, 0.25) is 5.91 Å². The van der Waals surface area contributed by atoms with Gasteiger partial charge in [-0.3, -0.25) is 9.78 Å². The van der Waals surface area contributed by atoms with Crippen LogP contribution in [0.2, 0.25) is 0 Å². The van der Waals surface area contributed by atoms with E-state index in [1.54, 1.807) is 0 Å². The summed E-state index contributed by atoms with van der Waals surface area (Å²) in [5.41, 5.74) is 0.417. The standard InChI is InChI=1S/C11H15N3O3/c1-7(2)13-6-10(15)14-9-3-8(11(16)17)4-12-5-9/h3-5,7,13H,6H2,1-2H3,(H,14,15)(H,16,17). The number of aromatic carboxylic acids is 1. The summed E-state index contributed by atoms with van der Waals surface area (Å²) in [5.74, 6) is -1.31. The largest absolute Gasteiger partial charge is 0.478 e. The summed E-state index contributed by atoms with van der Waals surface area (Å²) >= 11 is 0. The number of anilines is 1. The van der Waals surface area contributed by atoms with E-state index in [0.29, 0.717) is 5.69 Å². The highest BCUT2D eigenvalue weighted by molar-refractivity contribution is 5.94. The molecule has 0 aliphatic heterocycles. The van der Waals surface area contributed by atoms with E-state index in [9.17, 15) is 9.59 Å². The van der Waals surface area contributed by atoms with E-state index in [0.717, 1.165) is 0 Å². The van der Waals surface area contributed by atoms with E-state index in [4.69, 9.17) is 5.11 Å². The molecule has 0 aliphatic rings. The van der Waals surface area contributed by atoms with Gasteiger partial charge in [-0.05, 0) is 6.07 Å². The minimum atomic E-state index is -1.08. The number of rotatable bonds is 5. The van der Waals surface area contributed by atoms with Crippen molar-refractivity contribution in [1.29, 1.82) is 0 Å². The number of pyridine rings is 1. The van der Waals surface area contributed by atoms with Gasteiger partial charge in [0.25, 0.3) is 0 Å². The van der Waals surface area contributed by atoms with Crippen molar-refractivity contribution in [2.45, 2.75) is 19.9 Å². The average molecular weight is 237 g/mol. The van der Waals surface area contributed by atoms with Gasteiger partial charge in [0.1, 0.15) is 0 Å². The van der Waals surface area contributed by atoms with Gasteiger partial charge in [-0.25, -0.2) is 4.79 Å². The Labute approximate surface area is 99.1 Å². The maximum Gasteiger partial charge on any atom is 0.337 e. The van der Waals surface area contributed by atoms with Gasteiger partial charge in [-0.1, -0.05) is 13.8 Å². The average Bonchev–Trinajstić information content (AvgIpc) is 2.26. The van der Waals surface area contributed by atoms with E-state index in [1.807, 2.05) is 13.8 Å². The van der Waals surface area contributed by atoms with Crippen molar-refractivity contribution in [3.63, 3.8) is 0 Å². The first-order valence-electron chi connectivity index (χ1n) is 5.20. The third-order valence-electron chi connectivity index (χ3n) is 1.94. The van der Waals surface area contributed by atoms with E-state index in [-0.39, 0.29) is 24.1 Å². The van der Waals surface area contributed by atoms with E-state index >= 15 is 0 Å². The van der Waals surface area contributed by atoms with Crippen molar-refractivity contribution in [3.8, 4) is 0 Å². The third-order valence-corrected chi connectivity index (χ3v) is 1.94. The van der Waals surface area contributed by atoms with Crippen molar-refractivity contribution in [3.05, 3.63) is 24.0 Å². The van der Waals surface area contributed by atoms with Gasteiger partial charge in [-0.2, -0.15) is 0 Å². The second-order valence-electron chi connectivity index (χ2n) is 3.85. The Morgan fingerprint density at radius 1 is 1.41 bits per heavy atom. The van der Waals surface area contributed by atoms with Crippen LogP contribution in [0.5, 0.6) is 0 Å². The van der Waals surface area contributed by atoms with Crippen LogP contribution in [-0.4, -0.2) is 34.6 Å². The highest BCUT2D eigenvalue weighted by Crippen LogP contribution is 2.07. The fourth-order valence-corrected chi connectivity index (χ4v) is 1.13. The lowest BCUT2D eigenvalue weighted by molar-refractivity contribution is -0.115. The molecule has 1 aromatic rings. The predicted molar refractivity (Wildman–Crippen MR) is 63.0 cm³/mol. The highest BCUT2D eigenvalue weighted by Gasteiger charge is 2.07. The molecule has 0 atom stereocenters. The van der Waals surface area contributed by atoms with Crippen LogP contribution in [0.1, 0.15) is 24.2 Å². The minimum Gasteiger partial charge on any atom is -0.478 e. The number of carbonyl (C=O) groups excluding carboxylic acids is 1. The summed E-state index contributed by atoms with van der Waals surface area (Å²) in [7, 11) is 0. The Balaban J connectivity index is 2.59. The van der Waals surface area contributed by atoms with Crippen molar-refractivity contribution in [1.82, 2.24) is 10.3 Å². The van der Waals surface area contributed by atoms with Crippen LogP contribution in [0.25, 0.3) is 0 Å². The SMILES string of the molecule is CC(C)NCC(=O)Nc1cncc(C(=O)O)c1. The van der Waals surface area contributed by atoms with Crippen LogP contribution >= 0.6 is 0 Å². The second kappa shape index (κ2) is 5.95. The number of hydrogen-bond donors (Lipinski definition) is 3. The zero-order chi connectivity index (χ0) is 12.8. The zero-order valence-corrected chi connectivity index (χ0v) is 9.73. The first-order valence-corrected chi connectivity index (χ1v) is 5.20. The van der Waals surface area contributed by atoms with Gasteiger partial charge < -0.3 is 15.7 Å². The number of carboxylic acid groups (broad SMARTS) is 1. The Bertz CT molecular complexity index is 418. The molecule has 6 heteroatoms. The van der Waals surface area contributed by atoms with Crippen LogP contribution < -0.4 is 10.6 Å². The van der Waals surface area contributed by atoms with Gasteiger partial charge in [0, 0.05) is 12.2 Å². The number of nitrogens with one attached hydrogen (secondary N) is 2. The van der Waals surface area contributed by atoms with Gasteiger partial charge in [-0.15, -0.1) is 0 Å². The van der Waals surface area contributed by atoms with Gasteiger partial charge in [0.15, 0.2) is 0 Å². The molecule has 0 unspecified atom stereocenters. The number of hydrogen-bond acceptors (Lipinski definition) is 4. The van der Waals surface area contributed by atoms with Gasteiger partial charge >= 0.3 is 5.97 Å². The smallest absolute Gasteiger partial charge is 0.337 e. The maximum atomic E-state index is 11.4. The lowest BCUT2D eigenvalue weighted by atomic mass is 10.2. The molecule has 6 nitrogen and oxygen atoms in total. The molecular formula is C11H15N3O3. The number of carboxylic acids is 1. The Hall–Kier alpha value is -1.95. The zero-order valence-electron chi connectivity index (χ0n) is 9.73. The fraction of sp³-hybridized carbons (Fsp3) is 0.364. The molecule has 0 aliphatic carbocycles. The van der Waals surface area contributed by atoms with Crippen LogP contribution in [0.4, 0.5) is 5.69 Å². The van der Waals surface area contributed by atoms with Crippen molar-refractivity contribution in [2.75, 3.05) is 11.9 Å². The quantitative estimate of drug-likeness (QED) is 0.701. The fourth-order valence-electron chi connectivity index (χ4n) is 1.13. The van der Waals surface area contributed by atoms with Crippen molar-refractivity contribution in [2.24, 2.45) is 0 Å². The summed E-state index contributed by atoms with van der Waals surface area (Å²) in [5, 5.41) is 14.3. The predicted octanol–water partition coefficient (Wildman–Crippen LogP) is 0.716. The molecule has 0 bridgehead atoms. The van der Waals surface area contributed by atoms with Gasteiger partial charge in [0.05, 0.1) is 24.0 Å². The van der Waals surface area contributed by atoms with E-state index in [2.05, 4.69) is 15.6 Å². The van der Waals surface area contributed by atoms with E-state index in [1.165, 1.54) is 18.5 Å². The lowest BCUT2D eigenvalue weighted by Crippen LogP contribution is -2.32. The second-order valence-corrected chi connectivity index (χ2v) is 3.85. The summed E-state index contributed by atoms with van der Waals surface area (Å²) in [4.78, 5) is 25.9. The summed E-state index contributed by atoms with van der Waals surface area (Å²) < 4.78 is 0. The molecule has 17 heavy (non-hydrogen) atoms. The molecule has 0 spiro atoms. The van der Waals surface area contributed by atoms with Crippen LogP contribution in [0, 0.1) is 0 Å². The summed E-state index contributed by atoms with van der Waals surface area (Å²) in [6.07, 6.45) is 2.63. The molecule has 0 aromatic carbocycles. The number of nitrogens with zero attached hydrogens (tertiary/aromatic N) is 1. The normalized spacial score (nSPS) is 10.3.